The average Bonchev–Trinajstić information content (AvgIpc) is 2.29. The van der Waals surface area contributed by atoms with Crippen molar-refractivity contribution in [3.63, 3.8) is 0 Å². The van der Waals surface area contributed by atoms with Crippen LogP contribution in [0.4, 0.5) is 0 Å². The van der Waals surface area contributed by atoms with E-state index in [1.807, 2.05) is 6.92 Å². The number of hydrogen-bond acceptors (Lipinski definition) is 3. The first kappa shape index (κ1) is 11.8. The summed E-state index contributed by atoms with van der Waals surface area (Å²) in [6, 6.07) is 1.55. The standard InChI is InChI=1S/C12H16N2O3/c1-2-5-14-11(15)7-9-6-8(12(16)17)3-4-10(9)13-14/h7-8H,2-6H2,1H3,(H,16,17). The molecular formula is C12H16N2O3. The van der Waals surface area contributed by atoms with E-state index in [9.17, 15) is 9.59 Å². The maximum atomic E-state index is 11.7. The Morgan fingerprint density at radius 3 is 3.06 bits per heavy atom. The fourth-order valence-corrected chi connectivity index (χ4v) is 2.21. The first-order valence-electron chi connectivity index (χ1n) is 5.94. The third kappa shape index (κ3) is 2.38. The van der Waals surface area contributed by atoms with Crippen LogP contribution in [0.2, 0.25) is 0 Å². The summed E-state index contributed by atoms with van der Waals surface area (Å²) >= 11 is 0. The number of aryl methyl sites for hydroxylation is 2. The van der Waals surface area contributed by atoms with Gasteiger partial charge in [-0.05, 0) is 31.2 Å². The second-order valence-corrected chi connectivity index (χ2v) is 4.46. The van der Waals surface area contributed by atoms with Gasteiger partial charge < -0.3 is 5.11 Å². The maximum Gasteiger partial charge on any atom is 0.306 e. The summed E-state index contributed by atoms with van der Waals surface area (Å²) in [5.74, 6) is -1.15. The van der Waals surface area contributed by atoms with E-state index < -0.39 is 5.97 Å². The molecule has 0 aliphatic heterocycles. The van der Waals surface area contributed by atoms with Gasteiger partial charge in [0.1, 0.15) is 0 Å². The Balaban J connectivity index is 2.32. The van der Waals surface area contributed by atoms with Crippen LogP contribution in [0.3, 0.4) is 0 Å². The van der Waals surface area contributed by atoms with E-state index >= 15 is 0 Å². The lowest BCUT2D eigenvalue weighted by Gasteiger charge is -2.21. The first-order valence-corrected chi connectivity index (χ1v) is 5.94. The highest BCUT2D eigenvalue weighted by molar-refractivity contribution is 5.70. The molecule has 0 radical (unpaired) electrons. The van der Waals surface area contributed by atoms with Gasteiger partial charge in [0.25, 0.3) is 5.56 Å². The highest BCUT2D eigenvalue weighted by atomic mass is 16.4. The van der Waals surface area contributed by atoms with Crippen LogP contribution in [0.1, 0.15) is 31.0 Å². The molecule has 1 atom stereocenters. The molecule has 5 heteroatoms. The molecule has 0 aromatic carbocycles. The molecule has 92 valence electrons. The van der Waals surface area contributed by atoms with Crippen molar-refractivity contribution in [1.82, 2.24) is 9.78 Å². The zero-order chi connectivity index (χ0) is 12.4. The summed E-state index contributed by atoms with van der Waals surface area (Å²) < 4.78 is 1.47. The van der Waals surface area contributed by atoms with E-state index in [1.165, 1.54) is 4.68 Å². The van der Waals surface area contributed by atoms with E-state index in [1.54, 1.807) is 6.07 Å². The van der Waals surface area contributed by atoms with Crippen molar-refractivity contribution in [1.29, 1.82) is 0 Å². The van der Waals surface area contributed by atoms with E-state index in [0.29, 0.717) is 25.8 Å². The molecule has 1 unspecified atom stereocenters. The average molecular weight is 236 g/mol. The summed E-state index contributed by atoms with van der Waals surface area (Å²) in [5, 5.41) is 13.3. The monoisotopic (exact) mass is 236 g/mol. The largest absolute Gasteiger partial charge is 0.481 e. The predicted octanol–water partition coefficient (Wildman–Crippen LogP) is 0.843. The molecule has 5 nitrogen and oxygen atoms in total. The lowest BCUT2D eigenvalue weighted by atomic mass is 9.87. The van der Waals surface area contributed by atoms with Gasteiger partial charge in [0.15, 0.2) is 0 Å². The number of aromatic nitrogens is 2. The molecule has 0 saturated heterocycles. The summed E-state index contributed by atoms with van der Waals surface area (Å²) in [7, 11) is 0. The smallest absolute Gasteiger partial charge is 0.306 e. The number of rotatable bonds is 3. The van der Waals surface area contributed by atoms with E-state index in [2.05, 4.69) is 5.10 Å². The van der Waals surface area contributed by atoms with Gasteiger partial charge in [-0.25, -0.2) is 4.68 Å². The molecule has 1 N–H and O–H groups in total. The third-order valence-corrected chi connectivity index (χ3v) is 3.14. The molecule has 1 aliphatic carbocycles. The van der Waals surface area contributed by atoms with Crippen LogP contribution in [-0.2, 0) is 24.2 Å². The maximum absolute atomic E-state index is 11.7. The number of carbonyl (C=O) groups is 1. The molecule has 0 bridgehead atoms. The quantitative estimate of drug-likeness (QED) is 0.844. The molecule has 0 amide bonds. The van der Waals surface area contributed by atoms with E-state index in [-0.39, 0.29) is 11.5 Å². The van der Waals surface area contributed by atoms with Gasteiger partial charge in [-0.2, -0.15) is 5.10 Å². The Bertz CT molecular complexity index is 493. The Morgan fingerprint density at radius 2 is 2.41 bits per heavy atom. The van der Waals surface area contributed by atoms with E-state index in [4.69, 9.17) is 5.11 Å². The molecule has 1 aromatic rings. The van der Waals surface area contributed by atoms with Gasteiger partial charge in [-0.1, -0.05) is 6.92 Å². The van der Waals surface area contributed by atoms with Crippen molar-refractivity contribution < 1.29 is 9.90 Å². The van der Waals surface area contributed by atoms with Crippen molar-refractivity contribution in [2.24, 2.45) is 5.92 Å². The molecule has 1 heterocycles. The summed E-state index contributed by atoms with van der Waals surface area (Å²) in [4.78, 5) is 22.6. The van der Waals surface area contributed by atoms with Gasteiger partial charge in [0, 0.05) is 12.6 Å². The fourth-order valence-electron chi connectivity index (χ4n) is 2.21. The normalized spacial score (nSPS) is 18.8. The number of hydrogen-bond donors (Lipinski definition) is 1. The minimum Gasteiger partial charge on any atom is -0.481 e. The number of carboxylic acids is 1. The first-order chi connectivity index (χ1) is 8.11. The van der Waals surface area contributed by atoms with Crippen LogP contribution in [-0.4, -0.2) is 20.9 Å². The van der Waals surface area contributed by atoms with Crippen LogP contribution in [0, 0.1) is 5.92 Å². The van der Waals surface area contributed by atoms with Crippen molar-refractivity contribution >= 4 is 5.97 Å². The van der Waals surface area contributed by atoms with Crippen molar-refractivity contribution in [3.05, 3.63) is 27.7 Å². The molecule has 1 aliphatic rings. The van der Waals surface area contributed by atoms with Gasteiger partial charge in [-0.3, -0.25) is 9.59 Å². The molecule has 2 rings (SSSR count). The Kier molecular flexibility index (Phi) is 3.26. The molecule has 1 aromatic heterocycles. The van der Waals surface area contributed by atoms with Crippen LogP contribution in [0.5, 0.6) is 0 Å². The lowest BCUT2D eigenvalue weighted by Crippen LogP contribution is -2.30. The minimum absolute atomic E-state index is 0.128. The topological polar surface area (TPSA) is 72.2 Å². The minimum atomic E-state index is -0.784. The van der Waals surface area contributed by atoms with Gasteiger partial charge in [0.2, 0.25) is 0 Å². The third-order valence-electron chi connectivity index (χ3n) is 3.14. The number of nitrogens with zero attached hydrogens (tertiary/aromatic N) is 2. The van der Waals surface area contributed by atoms with Crippen molar-refractivity contribution in [3.8, 4) is 0 Å². The molecule has 0 fully saturated rings. The zero-order valence-electron chi connectivity index (χ0n) is 9.85. The highest BCUT2D eigenvalue weighted by Crippen LogP contribution is 2.22. The summed E-state index contributed by atoms with van der Waals surface area (Å²) in [6.45, 7) is 2.61. The van der Waals surface area contributed by atoms with Crippen LogP contribution < -0.4 is 5.56 Å². The SMILES string of the molecule is CCCn1nc2c(cc1=O)CC(C(=O)O)CC2. The fraction of sp³-hybridized carbons (Fsp3) is 0.583. The zero-order valence-corrected chi connectivity index (χ0v) is 9.85. The number of aliphatic carboxylic acids is 1. The van der Waals surface area contributed by atoms with Crippen LogP contribution >= 0.6 is 0 Å². The van der Waals surface area contributed by atoms with Crippen molar-refractivity contribution in [2.45, 2.75) is 39.2 Å². The Morgan fingerprint density at radius 1 is 1.65 bits per heavy atom. The summed E-state index contributed by atoms with van der Waals surface area (Å²) in [6.07, 6.45) is 2.55. The number of fused-ring (bicyclic) bond motifs is 1. The molecule has 0 spiro atoms. The van der Waals surface area contributed by atoms with Gasteiger partial charge in [-0.15, -0.1) is 0 Å². The second-order valence-electron chi connectivity index (χ2n) is 4.46. The summed E-state index contributed by atoms with van der Waals surface area (Å²) in [5.41, 5.74) is 1.56. The van der Waals surface area contributed by atoms with E-state index in [0.717, 1.165) is 17.7 Å². The number of carboxylic acid groups (broad SMARTS) is 1. The Hall–Kier alpha value is -1.65. The van der Waals surface area contributed by atoms with Crippen molar-refractivity contribution in [2.75, 3.05) is 0 Å². The predicted molar refractivity (Wildman–Crippen MR) is 61.9 cm³/mol. The Labute approximate surface area is 99.1 Å². The van der Waals surface area contributed by atoms with Crippen LogP contribution in [0.25, 0.3) is 0 Å². The molecule has 0 saturated carbocycles. The van der Waals surface area contributed by atoms with Gasteiger partial charge in [0.05, 0.1) is 11.6 Å². The van der Waals surface area contributed by atoms with Crippen LogP contribution in [0.15, 0.2) is 10.9 Å². The highest BCUT2D eigenvalue weighted by Gasteiger charge is 2.25. The molecule has 17 heavy (non-hydrogen) atoms. The lowest BCUT2D eigenvalue weighted by molar-refractivity contribution is -0.142. The van der Waals surface area contributed by atoms with Gasteiger partial charge >= 0.3 is 5.97 Å². The second kappa shape index (κ2) is 4.69. The molecular weight excluding hydrogens is 220 g/mol.